The standard InChI is InChI=1S/C19H14BrN3O2S2/c1-22(2)11-4-6-12(7-5-11)23-18(25)16(27-19(23)26)15-13-9-10(20)3-8-14(13)21-17(15)24/h3-9,25H,1-2H3. The fourth-order valence-corrected chi connectivity index (χ4v) is 4.71. The normalized spacial score (nSPS) is 12.9. The smallest absolute Gasteiger partial charge is 0.279 e. The number of thiazole rings is 1. The number of carbonyl (C=O) groups is 1. The second kappa shape index (κ2) is 6.70. The Morgan fingerprint density at radius 3 is 2.56 bits per heavy atom. The number of hydrogen-bond acceptors (Lipinski definition) is 5. The number of anilines is 1. The minimum atomic E-state index is -0.371. The van der Waals surface area contributed by atoms with Gasteiger partial charge in [0.25, 0.3) is 5.91 Å². The molecule has 1 aliphatic rings. The number of hydrogen-bond donors (Lipinski definition) is 1. The van der Waals surface area contributed by atoms with Crippen LogP contribution in [0.5, 0.6) is 5.88 Å². The predicted molar refractivity (Wildman–Crippen MR) is 113 cm³/mol. The number of benzene rings is 2. The molecule has 0 atom stereocenters. The van der Waals surface area contributed by atoms with E-state index in [1.54, 1.807) is 10.6 Å². The molecule has 8 heteroatoms. The van der Waals surface area contributed by atoms with E-state index in [0.29, 0.717) is 25.0 Å². The number of amides is 1. The van der Waals surface area contributed by atoms with Crippen LogP contribution in [0.15, 0.2) is 51.9 Å². The maximum absolute atomic E-state index is 12.5. The molecule has 0 fully saturated rings. The average molecular weight is 460 g/mol. The molecule has 0 saturated carbocycles. The Hall–Kier alpha value is -2.29. The minimum Gasteiger partial charge on any atom is -0.493 e. The van der Waals surface area contributed by atoms with Gasteiger partial charge in [-0.05, 0) is 54.7 Å². The van der Waals surface area contributed by atoms with Gasteiger partial charge in [-0.2, -0.15) is 0 Å². The van der Waals surface area contributed by atoms with Gasteiger partial charge in [0.15, 0.2) is 3.95 Å². The molecule has 0 radical (unpaired) electrons. The molecule has 1 amide bonds. The average Bonchev–Trinajstić information content (AvgIpc) is 3.09. The van der Waals surface area contributed by atoms with Crippen molar-refractivity contribution in [2.24, 2.45) is 4.99 Å². The van der Waals surface area contributed by atoms with E-state index in [1.807, 2.05) is 55.4 Å². The third-order valence-electron chi connectivity index (χ3n) is 4.30. The van der Waals surface area contributed by atoms with Crippen LogP contribution in [-0.4, -0.2) is 29.7 Å². The molecule has 0 saturated heterocycles. The summed E-state index contributed by atoms with van der Waals surface area (Å²) >= 11 is 10.1. The maximum atomic E-state index is 12.5. The van der Waals surface area contributed by atoms with Crippen LogP contribution in [0.4, 0.5) is 5.69 Å². The maximum Gasteiger partial charge on any atom is 0.279 e. The molecular formula is C19H14BrN3O2S2. The quantitative estimate of drug-likeness (QED) is 0.611. The highest BCUT2D eigenvalue weighted by Crippen LogP contribution is 2.35. The summed E-state index contributed by atoms with van der Waals surface area (Å²) in [4.78, 5) is 19.0. The number of aromatic nitrogens is 1. The van der Waals surface area contributed by atoms with Crippen molar-refractivity contribution in [3.05, 3.63) is 66.3 Å². The molecule has 0 spiro atoms. The largest absolute Gasteiger partial charge is 0.493 e. The first-order valence-electron chi connectivity index (χ1n) is 8.02. The van der Waals surface area contributed by atoms with E-state index in [-0.39, 0.29) is 11.8 Å². The van der Waals surface area contributed by atoms with Crippen LogP contribution in [-0.2, 0) is 4.79 Å². The van der Waals surface area contributed by atoms with Gasteiger partial charge in [-0.25, -0.2) is 4.99 Å². The Kier molecular flexibility index (Phi) is 4.49. The van der Waals surface area contributed by atoms with Crippen LogP contribution in [0, 0.1) is 3.95 Å². The zero-order chi connectivity index (χ0) is 19.3. The number of carbonyl (C=O) groups excluding carboxylic acids is 1. The number of fused-ring (bicyclic) bond motifs is 1. The molecular weight excluding hydrogens is 446 g/mol. The van der Waals surface area contributed by atoms with E-state index >= 15 is 0 Å². The molecule has 0 aliphatic carbocycles. The molecule has 5 nitrogen and oxygen atoms in total. The van der Waals surface area contributed by atoms with Crippen molar-refractivity contribution in [1.29, 1.82) is 0 Å². The lowest BCUT2D eigenvalue weighted by Crippen LogP contribution is -2.22. The third kappa shape index (κ3) is 3.03. The number of aromatic hydroxyl groups is 1. The molecule has 3 aromatic rings. The molecule has 2 heterocycles. The Morgan fingerprint density at radius 1 is 1.19 bits per heavy atom. The van der Waals surface area contributed by atoms with Gasteiger partial charge in [0, 0.05) is 29.5 Å². The zero-order valence-electron chi connectivity index (χ0n) is 14.4. The Bertz CT molecular complexity index is 1260. The second-order valence-corrected chi connectivity index (χ2v) is 8.78. The predicted octanol–water partition coefficient (Wildman–Crippen LogP) is 3.16. The monoisotopic (exact) mass is 459 g/mol. The first-order valence-corrected chi connectivity index (χ1v) is 10.0. The van der Waals surface area contributed by atoms with Gasteiger partial charge >= 0.3 is 0 Å². The van der Waals surface area contributed by atoms with E-state index in [2.05, 4.69) is 20.9 Å². The van der Waals surface area contributed by atoms with Gasteiger partial charge in [0.1, 0.15) is 4.88 Å². The van der Waals surface area contributed by atoms with E-state index in [1.165, 1.54) is 11.3 Å². The lowest BCUT2D eigenvalue weighted by Gasteiger charge is -2.13. The van der Waals surface area contributed by atoms with Gasteiger partial charge in [-0.1, -0.05) is 15.9 Å². The van der Waals surface area contributed by atoms with Crippen LogP contribution in [0.3, 0.4) is 0 Å². The molecule has 2 aromatic carbocycles. The summed E-state index contributed by atoms with van der Waals surface area (Å²) in [5.74, 6) is -0.418. The molecule has 1 aliphatic heterocycles. The highest BCUT2D eigenvalue weighted by molar-refractivity contribution is 9.10. The first kappa shape index (κ1) is 18.1. The molecule has 4 rings (SSSR count). The lowest BCUT2D eigenvalue weighted by atomic mass is 10.1. The SMILES string of the molecule is CN(C)c1ccc(-n2c(O)c(C3=c4cc(Br)ccc4=NC3=O)sc2=S)cc1. The van der Waals surface area contributed by atoms with Gasteiger partial charge < -0.3 is 10.0 Å². The molecule has 1 aromatic heterocycles. The molecule has 27 heavy (non-hydrogen) atoms. The summed E-state index contributed by atoms with van der Waals surface area (Å²) in [7, 11) is 3.92. The van der Waals surface area contributed by atoms with E-state index in [0.717, 1.165) is 15.8 Å². The Labute approximate surface area is 172 Å². The van der Waals surface area contributed by atoms with E-state index in [4.69, 9.17) is 12.2 Å². The highest BCUT2D eigenvalue weighted by atomic mass is 79.9. The Balaban J connectivity index is 1.92. The number of halogens is 1. The molecule has 136 valence electrons. The lowest BCUT2D eigenvalue weighted by molar-refractivity contribution is -0.112. The van der Waals surface area contributed by atoms with Crippen LogP contribution < -0.4 is 15.5 Å². The van der Waals surface area contributed by atoms with Crippen molar-refractivity contribution in [1.82, 2.24) is 4.57 Å². The summed E-state index contributed by atoms with van der Waals surface area (Å²) in [6.07, 6.45) is 0. The summed E-state index contributed by atoms with van der Waals surface area (Å²) in [5.41, 5.74) is 2.16. The van der Waals surface area contributed by atoms with Crippen molar-refractivity contribution < 1.29 is 9.90 Å². The second-order valence-electron chi connectivity index (χ2n) is 6.22. The van der Waals surface area contributed by atoms with Crippen LogP contribution in [0.2, 0.25) is 0 Å². The van der Waals surface area contributed by atoms with Gasteiger partial charge in [-0.15, -0.1) is 11.3 Å². The topological polar surface area (TPSA) is 57.8 Å². The summed E-state index contributed by atoms with van der Waals surface area (Å²) in [6, 6.07) is 13.1. The third-order valence-corrected chi connectivity index (χ3v) is 6.18. The summed E-state index contributed by atoms with van der Waals surface area (Å²) < 4.78 is 2.87. The van der Waals surface area contributed by atoms with E-state index < -0.39 is 0 Å². The van der Waals surface area contributed by atoms with Crippen molar-refractivity contribution in [3.63, 3.8) is 0 Å². The van der Waals surface area contributed by atoms with Crippen LogP contribution in [0.25, 0.3) is 11.3 Å². The van der Waals surface area contributed by atoms with Crippen molar-refractivity contribution >= 4 is 56.7 Å². The fourth-order valence-electron chi connectivity index (χ4n) is 2.96. The van der Waals surface area contributed by atoms with Crippen molar-refractivity contribution in [2.45, 2.75) is 0 Å². The summed E-state index contributed by atoms with van der Waals surface area (Å²) in [6.45, 7) is 0. The first-order chi connectivity index (χ1) is 12.9. The minimum absolute atomic E-state index is 0.0472. The van der Waals surface area contributed by atoms with Gasteiger partial charge in [-0.3, -0.25) is 9.36 Å². The Morgan fingerprint density at radius 2 is 1.89 bits per heavy atom. The molecule has 1 N–H and O–H groups in total. The van der Waals surface area contributed by atoms with Crippen molar-refractivity contribution in [3.8, 4) is 11.6 Å². The van der Waals surface area contributed by atoms with Gasteiger partial charge in [0.2, 0.25) is 5.88 Å². The molecule has 0 bridgehead atoms. The molecule has 0 unspecified atom stereocenters. The number of nitrogens with zero attached hydrogens (tertiary/aromatic N) is 3. The van der Waals surface area contributed by atoms with Gasteiger partial charge in [0.05, 0.1) is 16.6 Å². The zero-order valence-corrected chi connectivity index (χ0v) is 17.7. The summed E-state index contributed by atoms with van der Waals surface area (Å²) in [5, 5.41) is 12.2. The van der Waals surface area contributed by atoms with Crippen LogP contribution in [0.1, 0.15) is 4.88 Å². The van der Waals surface area contributed by atoms with Crippen molar-refractivity contribution in [2.75, 3.05) is 19.0 Å². The van der Waals surface area contributed by atoms with E-state index in [9.17, 15) is 9.90 Å². The fraction of sp³-hybridized carbons (Fsp3) is 0.105. The van der Waals surface area contributed by atoms with Crippen LogP contribution >= 0.6 is 39.5 Å². The highest BCUT2D eigenvalue weighted by Gasteiger charge is 2.25. The number of rotatable bonds is 3.